The maximum atomic E-state index is 5.15. The van der Waals surface area contributed by atoms with Crippen molar-refractivity contribution in [3.8, 4) is 0 Å². The molecule has 1 aromatic heterocycles. The molecule has 0 bridgehead atoms. The van der Waals surface area contributed by atoms with Gasteiger partial charge in [0.15, 0.2) is 0 Å². The quantitative estimate of drug-likeness (QED) is 0.830. The number of nitrogens with one attached hydrogen (secondary N) is 1. The molecule has 15 heavy (non-hydrogen) atoms. The first-order valence-electron chi connectivity index (χ1n) is 4.90. The topological polar surface area (TPSA) is 34.1 Å². The Balaban J connectivity index is 2.59. The number of fused-ring (bicyclic) bond motifs is 1. The van der Waals surface area contributed by atoms with Crippen molar-refractivity contribution >= 4 is 16.7 Å². The largest absolute Gasteiger partial charge is 0.380 e. The van der Waals surface area contributed by atoms with E-state index in [1.165, 1.54) is 0 Å². The Bertz CT molecular complexity index is 468. The molecule has 0 spiro atoms. The van der Waals surface area contributed by atoms with Crippen molar-refractivity contribution in [2.24, 2.45) is 0 Å². The molecule has 3 heteroatoms. The second-order valence-electron chi connectivity index (χ2n) is 3.37. The van der Waals surface area contributed by atoms with Gasteiger partial charge in [0.1, 0.15) is 5.82 Å². The van der Waals surface area contributed by atoms with Gasteiger partial charge in [0.2, 0.25) is 0 Å². The molecule has 1 heterocycles. The lowest BCUT2D eigenvalue weighted by Gasteiger charge is -2.06. The van der Waals surface area contributed by atoms with Crippen molar-refractivity contribution in [3.63, 3.8) is 0 Å². The third-order valence-electron chi connectivity index (χ3n) is 2.36. The van der Waals surface area contributed by atoms with Crippen molar-refractivity contribution < 1.29 is 4.74 Å². The smallest absolute Gasteiger partial charge is 0.126 e. The van der Waals surface area contributed by atoms with Crippen molar-refractivity contribution in [1.82, 2.24) is 4.98 Å². The van der Waals surface area contributed by atoms with Crippen LogP contribution >= 0.6 is 0 Å². The molecule has 0 fully saturated rings. The Labute approximate surface area is 89.1 Å². The summed E-state index contributed by atoms with van der Waals surface area (Å²) in [5, 5.41) is 4.18. The van der Waals surface area contributed by atoms with Crippen LogP contribution in [-0.2, 0) is 11.3 Å². The van der Waals surface area contributed by atoms with E-state index < -0.39 is 0 Å². The summed E-state index contributed by atoms with van der Waals surface area (Å²) in [5.41, 5.74) is 2.12. The summed E-state index contributed by atoms with van der Waals surface area (Å²) in [6, 6.07) is 10.2. The number of benzene rings is 1. The molecule has 2 rings (SSSR count). The van der Waals surface area contributed by atoms with E-state index in [1.54, 1.807) is 7.11 Å². The van der Waals surface area contributed by atoms with E-state index in [-0.39, 0.29) is 0 Å². The second kappa shape index (κ2) is 4.28. The summed E-state index contributed by atoms with van der Waals surface area (Å²) >= 11 is 0. The molecule has 1 aromatic carbocycles. The number of para-hydroxylation sites is 1. The molecule has 0 saturated carbocycles. The molecule has 78 valence electrons. The van der Waals surface area contributed by atoms with Gasteiger partial charge in [-0.05, 0) is 12.1 Å². The SMILES string of the molecule is CNc1ccc2cccc(COC)c2n1. The Morgan fingerprint density at radius 1 is 1.27 bits per heavy atom. The Kier molecular flexibility index (Phi) is 2.83. The fourth-order valence-corrected chi connectivity index (χ4v) is 1.62. The minimum atomic E-state index is 0.595. The highest BCUT2D eigenvalue weighted by Crippen LogP contribution is 2.19. The lowest BCUT2D eigenvalue weighted by Crippen LogP contribution is -1.95. The maximum absolute atomic E-state index is 5.15. The van der Waals surface area contributed by atoms with Crippen molar-refractivity contribution in [2.75, 3.05) is 19.5 Å². The van der Waals surface area contributed by atoms with Gasteiger partial charge in [-0.3, -0.25) is 0 Å². The molecule has 0 saturated heterocycles. The van der Waals surface area contributed by atoms with Gasteiger partial charge in [-0.1, -0.05) is 18.2 Å². The molecule has 0 atom stereocenters. The maximum Gasteiger partial charge on any atom is 0.126 e. The van der Waals surface area contributed by atoms with Crippen molar-refractivity contribution in [2.45, 2.75) is 6.61 Å². The molecular weight excluding hydrogens is 188 g/mol. The summed E-state index contributed by atoms with van der Waals surface area (Å²) in [4.78, 5) is 4.52. The Morgan fingerprint density at radius 2 is 2.13 bits per heavy atom. The Morgan fingerprint density at radius 3 is 2.87 bits per heavy atom. The van der Waals surface area contributed by atoms with Gasteiger partial charge in [0.05, 0.1) is 12.1 Å². The zero-order valence-electron chi connectivity index (χ0n) is 8.95. The first-order valence-corrected chi connectivity index (χ1v) is 4.90. The fraction of sp³-hybridized carbons (Fsp3) is 0.250. The van der Waals surface area contributed by atoms with Gasteiger partial charge in [-0.15, -0.1) is 0 Å². The van der Waals surface area contributed by atoms with Gasteiger partial charge >= 0.3 is 0 Å². The molecule has 0 aliphatic carbocycles. The van der Waals surface area contributed by atoms with Crippen LogP contribution in [0.5, 0.6) is 0 Å². The summed E-state index contributed by atoms with van der Waals surface area (Å²) in [6.45, 7) is 0.595. The predicted octanol–water partition coefficient (Wildman–Crippen LogP) is 2.42. The molecule has 0 aliphatic heterocycles. The van der Waals surface area contributed by atoms with Gasteiger partial charge in [-0.25, -0.2) is 4.98 Å². The number of methoxy groups -OCH3 is 1. The third kappa shape index (κ3) is 1.92. The van der Waals surface area contributed by atoms with Crippen LogP contribution in [0.15, 0.2) is 30.3 Å². The Hall–Kier alpha value is -1.61. The third-order valence-corrected chi connectivity index (χ3v) is 2.36. The second-order valence-corrected chi connectivity index (χ2v) is 3.37. The van der Waals surface area contributed by atoms with E-state index in [0.29, 0.717) is 6.61 Å². The first kappa shape index (κ1) is 9.93. The van der Waals surface area contributed by atoms with Gasteiger partial charge in [0, 0.05) is 25.1 Å². The lowest BCUT2D eigenvalue weighted by molar-refractivity contribution is 0.186. The normalized spacial score (nSPS) is 10.5. The first-order chi connectivity index (χ1) is 7.35. The highest BCUT2D eigenvalue weighted by molar-refractivity contribution is 5.83. The predicted molar refractivity (Wildman–Crippen MR) is 62.0 cm³/mol. The molecule has 0 unspecified atom stereocenters. The number of aromatic nitrogens is 1. The van der Waals surface area contributed by atoms with Crippen LogP contribution < -0.4 is 5.32 Å². The monoisotopic (exact) mass is 202 g/mol. The van der Waals surface area contributed by atoms with Gasteiger partial charge < -0.3 is 10.1 Å². The van der Waals surface area contributed by atoms with Crippen LogP contribution in [0.3, 0.4) is 0 Å². The van der Waals surface area contributed by atoms with E-state index in [0.717, 1.165) is 22.3 Å². The van der Waals surface area contributed by atoms with E-state index in [9.17, 15) is 0 Å². The molecule has 1 N–H and O–H groups in total. The minimum absolute atomic E-state index is 0.595. The van der Waals surface area contributed by atoms with Crippen LogP contribution in [0.1, 0.15) is 5.56 Å². The number of ether oxygens (including phenoxy) is 1. The molecule has 0 radical (unpaired) electrons. The average molecular weight is 202 g/mol. The summed E-state index contributed by atoms with van der Waals surface area (Å²) in [7, 11) is 3.56. The van der Waals surface area contributed by atoms with Crippen LogP contribution in [0.4, 0.5) is 5.82 Å². The highest BCUT2D eigenvalue weighted by Gasteiger charge is 2.02. The van der Waals surface area contributed by atoms with Gasteiger partial charge in [-0.2, -0.15) is 0 Å². The molecule has 0 aliphatic rings. The zero-order valence-corrected chi connectivity index (χ0v) is 8.95. The molecule has 3 nitrogen and oxygen atoms in total. The fourth-order valence-electron chi connectivity index (χ4n) is 1.62. The van der Waals surface area contributed by atoms with E-state index in [4.69, 9.17) is 4.74 Å². The molecule has 2 aromatic rings. The highest BCUT2D eigenvalue weighted by atomic mass is 16.5. The molecular formula is C12H14N2O. The number of rotatable bonds is 3. The van der Waals surface area contributed by atoms with Crippen molar-refractivity contribution in [1.29, 1.82) is 0 Å². The lowest BCUT2D eigenvalue weighted by atomic mass is 10.1. The summed E-state index contributed by atoms with van der Waals surface area (Å²) in [6.07, 6.45) is 0. The average Bonchev–Trinajstić information content (AvgIpc) is 2.29. The number of nitrogens with zero attached hydrogens (tertiary/aromatic N) is 1. The van der Waals surface area contributed by atoms with Gasteiger partial charge in [0.25, 0.3) is 0 Å². The van der Waals surface area contributed by atoms with Crippen LogP contribution in [-0.4, -0.2) is 19.1 Å². The van der Waals surface area contributed by atoms with Crippen molar-refractivity contribution in [3.05, 3.63) is 35.9 Å². The number of hydrogen-bond acceptors (Lipinski definition) is 3. The van der Waals surface area contributed by atoms with Crippen LogP contribution in [0.25, 0.3) is 10.9 Å². The standard InChI is InChI=1S/C12H14N2O/c1-13-11-7-6-9-4-3-5-10(8-15-2)12(9)14-11/h3-7H,8H2,1-2H3,(H,13,14). The van der Waals surface area contributed by atoms with Crippen LogP contribution in [0, 0.1) is 0 Å². The number of pyridine rings is 1. The number of anilines is 1. The zero-order chi connectivity index (χ0) is 10.7. The number of hydrogen-bond donors (Lipinski definition) is 1. The summed E-state index contributed by atoms with van der Waals surface area (Å²) in [5.74, 6) is 0.881. The van der Waals surface area contributed by atoms with E-state index in [2.05, 4.69) is 22.4 Å². The van der Waals surface area contributed by atoms with Crippen LogP contribution in [0.2, 0.25) is 0 Å². The van der Waals surface area contributed by atoms with E-state index in [1.807, 2.05) is 25.2 Å². The summed E-state index contributed by atoms with van der Waals surface area (Å²) < 4.78 is 5.15. The molecule has 0 amide bonds. The van der Waals surface area contributed by atoms with E-state index >= 15 is 0 Å². The minimum Gasteiger partial charge on any atom is -0.380 e.